The lowest BCUT2D eigenvalue weighted by Crippen LogP contribution is -2.53. The second kappa shape index (κ2) is 6.93. The summed E-state index contributed by atoms with van der Waals surface area (Å²) in [5.74, 6) is 1.91. The van der Waals surface area contributed by atoms with Crippen molar-refractivity contribution in [2.75, 3.05) is 39.8 Å². The van der Waals surface area contributed by atoms with Crippen molar-refractivity contribution >= 4 is 5.96 Å². The predicted molar refractivity (Wildman–Crippen MR) is 82.1 cm³/mol. The lowest BCUT2D eigenvalue weighted by molar-refractivity contribution is 0.168. The minimum atomic E-state index is 0.857. The minimum absolute atomic E-state index is 0.857. The van der Waals surface area contributed by atoms with E-state index in [1.807, 2.05) is 13.1 Å². The van der Waals surface area contributed by atoms with Crippen molar-refractivity contribution in [2.24, 2.45) is 10.9 Å². The molecule has 0 unspecified atom stereocenters. The average Bonchev–Trinajstić information content (AvgIpc) is 2.96. The number of piperazine rings is 1. The fourth-order valence-corrected chi connectivity index (χ4v) is 2.93. The summed E-state index contributed by atoms with van der Waals surface area (Å²) in [5, 5.41) is 7.51. The van der Waals surface area contributed by atoms with Gasteiger partial charge in [0, 0.05) is 52.4 Å². The van der Waals surface area contributed by atoms with Crippen LogP contribution >= 0.6 is 0 Å². The minimum Gasteiger partial charge on any atom is -0.364 e. The summed E-state index contributed by atoms with van der Waals surface area (Å²) < 4.78 is 4.89. The standard InChI is InChI=1S/C15H25N5O/c1-16-15(17-11-13-3-2-4-13)20-8-6-19(7-9-20)12-14-5-10-21-18-14/h5,10,13H,2-4,6-9,11-12H2,1H3,(H,16,17). The van der Waals surface area contributed by atoms with Crippen molar-refractivity contribution in [3.05, 3.63) is 18.0 Å². The second-order valence-corrected chi connectivity index (χ2v) is 5.98. The molecule has 0 bridgehead atoms. The van der Waals surface area contributed by atoms with Gasteiger partial charge in [-0.1, -0.05) is 11.6 Å². The molecular weight excluding hydrogens is 266 g/mol. The molecule has 6 heteroatoms. The smallest absolute Gasteiger partial charge is 0.193 e. The van der Waals surface area contributed by atoms with E-state index in [4.69, 9.17) is 4.52 Å². The monoisotopic (exact) mass is 291 g/mol. The van der Waals surface area contributed by atoms with Crippen LogP contribution in [-0.2, 0) is 6.54 Å². The van der Waals surface area contributed by atoms with E-state index in [-0.39, 0.29) is 0 Å². The molecule has 21 heavy (non-hydrogen) atoms. The third kappa shape index (κ3) is 3.75. The van der Waals surface area contributed by atoms with Gasteiger partial charge in [-0.2, -0.15) is 0 Å². The maximum atomic E-state index is 4.89. The second-order valence-electron chi connectivity index (χ2n) is 5.98. The molecule has 0 aromatic carbocycles. The first-order valence-corrected chi connectivity index (χ1v) is 7.92. The number of rotatable bonds is 4. The number of hydrogen-bond acceptors (Lipinski definition) is 4. The summed E-state index contributed by atoms with van der Waals surface area (Å²) in [4.78, 5) is 9.20. The van der Waals surface area contributed by atoms with Crippen molar-refractivity contribution in [2.45, 2.75) is 25.8 Å². The van der Waals surface area contributed by atoms with Gasteiger partial charge >= 0.3 is 0 Å². The molecule has 2 aliphatic rings. The summed E-state index contributed by atoms with van der Waals surface area (Å²) in [7, 11) is 1.88. The van der Waals surface area contributed by atoms with Gasteiger partial charge in [0.25, 0.3) is 0 Å². The lowest BCUT2D eigenvalue weighted by atomic mass is 9.85. The third-order valence-electron chi connectivity index (χ3n) is 4.53. The Hall–Kier alpha value is -1.56. The van der Waals surface area contributed by atoms with E-state index in [2.05, 4.69) is 25.3 Å². The summed E-state index contributed by atoms with van der Waals surface area (Å²) in [5.41, 5.74) is 1.01. The van der Waals surface area contributed by atoms with Crippen LogP contribution in [0.5, 0.6) is 0 Å². The van der Waals surface area contributed by atoms with Crippen LogP contribution in [0, 0.1) is 5.92 Å². The molecule has 1 saturated carbocycles. The highest BCUT2D eigenvalue weighted by molar-refractivity contribution is 5.80. The van der Waals surface area contributed by atoms with Gasteiger partial charge in [0.2, 0.25) is 0 Å². The van der Waals surface area contributed by atoms with Crippen LogP contribution in [0.2, 0.25) is 0 Å². The van der Waals surface area contributed by atoms with Crippen molar-refractivity contribution < 1.29 is 4.52 Å². The zero-order valence-electron chi connectivity index (χ0n) is 12.8. The van der Waals surface area contributed by atoms with Crippen LogP contribution in [0.3, 0.4) is 0 Å². The van der Waals surface area contributed by atoms with Crippen molar-refractivity contribution in [3.63, 3.8) is 0 Å². The van der Waals surface area contributed by atoms with Gasteiger partial charge in [-0.15, -0.1) is 0 Å². The van der Waals surface area contributed by atoms with Crippen molar-refractivity contribution in [1.29, 1.82) is 0 Å². The van der Waals surface area contributed by atoms with Gasteiger partial charge in [-0.05, 0) is 18.8 Å². The summed E-state index contributed by atoms with van der Waals surface area (Å²) in [6, 6.07) is 1.94. The Balaban J connectivity index is 1.42. The van der Waals surface area contributed by atoms with E-state index in [0.29, 0.717) is 0 Å². The van der Waals surface area contributed by atoms with E-state index in [1.165, 1.54) is 19.3 Å². The van der Waals surface area contributed by atoms with Crippen molar-refractivity contribution in [1.82, 2.24) is 20.3 Å². The zero-order valence-corrected chi connectivity index (χ0v) is 12.8. The normalized spacial score (nSPS) is 21.4. The molecule has 0 atom stereocenters. The van der Waals surface area contributed by atoms with Crippen LogP contribution in [0.4, 0.5) is 0 Å². The number of hydrogen-bond donors (Lipinski definition) is 1. The Morgan fingerprint density at radius 3 is 2.76 bits per heavy atom. The first-order valence-electron chi connectivity index (χ1n) is 7.92. The average molecular weight is 291 g/mol. The SMILES string of the molecule is CN=C(NCC1CCC1)N1CCN(Cc2ccon2)CC1. The number of nitrogens with one attached hydrogen (secondary N) is 1. The largest absolute Gasteiger partial charge is 0.364 e. The summed E-state index contributed by atoms with van der Waals surface area (Å²) in [6.45, 7) is 6.06. The van der Waals surface area contributed by atoms with Gasteiger partial charge in [-0.25, -0.2) is 0 Å². The zero-order chi connectivity index (χ0) is 14.5. The summed E-state index contributed by atoms with van der Waals surface area (Å²) >= 11 is 0. The Labute approximate surface area is 126 Å². The van der Waals surface area contributed by atoms with Crippen molar-refractivity contribution in [3.8, 4) is 0 Å². The maximum absolute atomic E-state index is 4.89. The maximum Gasteiger partial charge on any atom is 0.193 e. The molecule has 2 fully saturated rings. The summed E-state index contributed by atoms with van der Waals surface area (Å²) in [6.07, 6.45) is 5.77. The Morgan fingerprint density at radius 1 is 1.38 bits per heavy atom. The van der Waals surface area contributed by atoms with E-state index < -0.39 is 0 Å². The molecule has 6 nitrogen and oxygen atoms in total. The number of aromatic nitrogens is 1. The van der Waals surface area contributed by atoms with Gasteiger partial charge in [0.15, 0.2) is 5.96 Å². The van der Waals surface area contributed by atoms with Gasteiger partial charge in [0.05, 0.1) is 5.69 Å². The predicted octanol–water partition coefficient (Wildman–Crippen LogP) is 1.17. The highest BCUT2D eigenvalue weighted by atomic mass is 16.5. The van der Waals surface area contributed by atoms with Crippen LogP contribution in [0.1, 0.15) is 25.0 Å². The first kappa shape index (κ1) is 14.4. The van der Waals surface area contributed by atoms with Crippen LogP contribution < -0.4 is 5.32 Å². The van der Waals surface area contributed by atoms with E-state index >= 15 is 0 Å². The molecule has 0 radical (unpaired) electrons. The number of nitrogens with zero attached hydrogens (tertiary/aromatic N) is 4. The Kier molecular flexibility index (Phi) is 4.75. The molecule has 0 amide bonds. The van der Waals surface area contributed by atoms with E-state index in [9.17, 15) is 0 Å². The molecule has 1 N–H and O–H groups in total. The number of guanidine groups is 1. The molecule has 1 aromatic heterocycles. The third-order valence-corrected chi connectivity index (χ3v) is 4.53. The van der Waals surface area contributed by atoms with Gasteiger partial charge < -0.3 is 14.7 Å². The van der Waals surface area contributed by atoms with Crippen LogP contribution in [0.15, 0.2) is 21.8 Å². The molecule has 3 rings (SSSR count). The fraction of sp³-hybridized carbons (Fsp3) is 0.733. The molecule has 1 aromatic rings. The molecule has 1 aliphatic heterocycles. The molecule has 2 heterocycles. The van der Waals surface area contributed by atoms with Gasteiger partial charge in [-0.3, -0.25) is 9.89 Å². The number of aliphatic imine (C=N–C) groups is 1. The highest BCUT2D eigenvalue weighted by Crippen LogP contribution is 2.25. The van der Waals surface area contributed by atoms with E-state index in [0.717, 1.165) is 56.8 Å². The van der Waals surface area contributed by atoms with Crippen LogP contribution in [0.25, 0.3) is 0 Å². The van der Waals surface area contributed by atoms with E-state index in [1.54, 1.807) is 6.26 Å². The quantitative estimate of drug-likeness (QED) is 0.666. The molecular formula is C15H25N5O. The lowest BCUT2D eigenvalue weighted by Gasteiger charge is -2.37. The van der Waals surface area contributed by atoms with Crippen LogP contribution in [-0.4, -0.2) is 60.7 Å². The van der Waals surface area contributed by atoms with Gasteiger partial charge in [0.1, 0.15) is 6.26 Å². The molecule has 1 aliphatic carbocycles. The molecule has 0 spiro atoms. The topological polar surface area (TPSA) is 56.9 Å². The fourth-order valence-electron chi connectivity index (χ4n) is 2.93. The molecule has 1 saturated heterocycles. The Morgan fingerprint density at radius 2 is 2.19 bits per heavy atom. The Bertz CT molecular complexity index is 447. The molecule has 116 valence electrons. The first-order chi connectivity index (χ1) is 10.3. The highest BCUT2D eigenvalue weighted by Gasteiger charge is 2.22.